The van der Waals surface area contributed by atoms with Crippen LogP contribution >= 0.6 is 0 Å². The Labute approximate surface area is 119 Å². The van der Waals surface area contributed by atoms with E-state index >= 15 is 0 Å². The fourth-order valence-electron chi connectivity index (χ4n) is 1.95. The van der Waals surface area contributed by atoms with Crippen molar-refractivity contribution in [2.24, 2.45) is 0 Å². The Morgan fingerprint density at radius 1 is 1.35 bits per heavy atom. The third-order valence-electron chi connectivity index (χ3n) is 3.58. The van der Waals surface area contributed by atoms with Crippen LogP contribution in [0, 0.1) is 0 Å². The first-order chi connectivity index (χ1) is 9.63. The van der Waals surface area contributed by atoms with E-state index in [1.54, 1.807) is 7.11 Å². The summed E-state index contributed by atoms with van der Waals surface area (Å²) in [5, 5.41) is 7.24. The van der Waals surface area contributed by atoms with E-state index in [4.69, 9.17) is 9.26 Å². The third-order valence-corrected chi connectivity index (χ3v) is 3.58. The van der Waals surface area contributed by atoms with Crippen molar-refractivity contribution in [3.05, 3.63) is 41.5 Å². The fourth-order valence-corrected chi connectivity index (χ4v) is 1.95. The number of likely N-dealkylation sites (N-methyl/N-ethyl adjacent to an activating group) is 1. The molecule has 20 heavy (non-hydrogen) atoms. The number of ether oxygens (including phenoxy) is 1. The van der Waals surface area contributed by atoms with Gasteiger partial charge in [-0.1, -0.05) is 24.2 Å². The van der Waals surface area contributed by atoms with Crippen molar-refractivity contribution in [2.45, 2.75) is 32.2 Å². The minimum Gasteiger partial charge on any atom is -0.497 e. The highest BCUT2D eigenvalue weighted by molar-refractivity contribution is 5.30. The second kappa shape index (κ2) is 6.52. The molecule has 0 aliphatic heterocycles. The van der Waals surface area contributed by atoms with E-state index in [9.17, 15) is 0 Å². The zero-order chi connectivity index (χ0) is 14.5. The van der Waals surface area contributed by atoms with Crippen LogP contribution in [0.25, 0.3) is 0 Å². The summed E-state index contributed by atoms with van der Waals surface area (Å²) in [6.07, 6.45) is 0.640. The smallest absolute Gasteiger partial charge is 0.231 e. The lowest BCUT2D eigenvalue weighted by Crippen LogP contribution is -2.27. The lowest BCUT2D eigenvalue weighted by molar-refractivity contribution is 0.333. The summed E-state index contributed by atoms with van der Waals surface area (Å²) < 4.78 is 10.6. The number of benzene rings is 1. The van der Waals surface area contributed by atoms with Crippen molar-refractivity contribution in [3.8, 4) is 5.75 Å². The van der Waals surface area contributed by atoms with E-state index in [0.717, 1.165) is 11.3 Å². The minimum absolute atomic E-state index is 0.187. The second-order valence-electron chi connectivity index (χ2n) is 4.94. The monoisotopic (exact) mass is 275 g/mol. The molecule has 1 aromatic heterocycles. The zero-order valence-corrected chi connectivity index (χ0v) is 12.4. The van der Waals surface area contributed by atoms with Crippen LogP contribution in [0.15, 0.2) is 28.8 Å². The average molecular weight is 275 g/mol. The van der Waals surface area contributed by atoms with Crippen LogP contribution in [0.2, 0.25) is 0 Å². The standard InChI is InChI=1S/C15H21N3O2/c1-10(11(2)16-3)15-17-14(18-20-15)9-12-6-5-7-13(8-12)19-4/h5-8,10-11,16H,9H2,1-4H3. The molecule has 0 saturated carbocycles. The molecule has 5 nitrogen and oxygen atoms in total. The molecule has 0 radical (unpaired) electrons. The van der Waals surface area contributed by atoms with Crippen molar-refractivity contribution >= 4 is 0 Å². The van der Waals surface area contributed by atoms with Gasteiger partial charge in [-0.05, 0) is 31.7 Å². The summed E-state index contributed by atoms with van der Waals surface area (Å²) >= 11 is 0. The first-order valence-electron chi connectivity index (χ1n) is 6.76. The summed E-state index contributed by atoms with van der Waals surface area (Å²) in [6, 6.07) is 8.18. The average Bonchev–Trinajstić information content (AvgIpc) is 2.94. The Hall–Kier alpha value is -1.88. The van der Waals surface area contributed by atoms with E-state index in [-0.39, 0.29) is 5.92 Å². The van der Waals surface area contributed by atoms with Gasteiger partial charge in [0.05, 0.1) is 13.0 Å². The SMILES string of the molecule is CNC(C)C(C)c1nc(Cc2cccc(OC)c2)no1. The normalized spacial score (nSPS) is 14.0. The number of methoxy groups -OCH3 is 1. The topological polar surface area (TPSA) is 60.2 Å². The predicted molar refractivity (Wildman–Crippen MR) is 77.0 cm³/mol. The van der Waals surface area contributed by atoms with Gasteiger partial charge in [0.1, 0.15) is 5.75 Å². The lowest BCUT2D eigenvalue weighted by Gasteiger charge is -2.14. The number of nitrogens with zero attached hydrogens (tertiary/aromatic N) is 2. The molecule has 0 spiro atoms. The molecule has 108 valence electrons. The highest BCUT2D eigenvalue weighted by Gasteiger charge is 2.19. The number of nitrogens with one attached hydrogen (secondary N) is 1. The molecule has 5 heteroatoms. The predicted octanol–water partition coefficient (Wildman–Crippen LogP) is 2.38. The molecule has 0 amide bonds. The molecule has 0 fully saturated rings. The molecule has 0 aliphatic carbocycles. The lowest BCUT2D eigenvalue weighted by atomic mass is 10.0. The van der Waals surface area contributed by atoms with Gasteiger partial charge in [0, 0.05) is 12.5 Å². The molecule has 1 aromatic carbocycles. The van der Waals surface area contributed by atoms with Gasteiger partial charge in [0.25, 0.3) is 0 Å². The quantitative estimate of drug-likeness (QED) is 0.877. The largest absolute Gasteiger partial charge is 0.497 e. The molecule has 2 rings (SSSR count). The molecule has 2 aromatic rings. The maximum absolute atomic E-state index is 5.35. The highest BCUT2D eigenvalue weighted by Crippen LogP contribution is 2.19. The van der Waals surface area contributed by atoms with Crippen LogP contribution in [0.5, 0.6) is 5.75 Å². The number of hydrogen-bond donors (Lipinski definition) is 1. The van der Waals surface area contributed by atoms with E-state index in [1.165, 1.54) is 0 Å². The fraction of sp³-hybridized carbons (Fsp3) is 0.467. The summed E-state index contributed by atoms with van der Waals surface area (Å²) in [7, 11) is 3.58. The molecule has 2 unspecified atom stereocenters. The van der Waals surface area contributed by atoms with Gasteiger partial charge in [-0.15, -0.1) is 0 Å². The van der Waals surface area contributed by atoms with Crippen molar-refractivity contribution in [2.75, 3.05) is 14.2 Å². The molecule has 0 saturated heterocycles. The maximum Gasteiger partial charge on any atom is 0.231 e. The summed E-state index contributed by atoms with van der Waals surface area (Å²) in [5.41, 5.74) is 1.10. The summed E-state index contributed by atoms with van der Waals surface area (Å²) in [4.78, 5) is 4.47. The summed E-state index contributed by atoms with van der Waals surface area (Å²) in [5.74, 6) is 2.39. The number of hydrogen-bond acceptors (Lipinski definition) is 5. The first kappa shape index (κ1) is 14.5. The Kier molecular flexibility index (Phi) is 4.74. The van der Waals surface area contributed by atoms with Crippen LogP contribution in [-0.2, 0) is 6.42 Å². The first-order valence-corrected chi connectivity index (χ1v) is 6.76. The Morgan fingerprint density at radius 2 is 2.15 bits per heavy atom. The zero-order valence-electron chi connectivity index (χ0n) is 12.4. The summed E-state index contributed by atoms with van der Waals surface area (Å²) in [6.45, 7) is 4.17. The van der Waals surface area contributed by atoms with Gasteiger partial charge in [0.2, 0.25) is 5.89 Å². The van der Waals surface area contributed by atoms with Crippen molar-refractivity contribution in [1.29, 1.82) is 0 Å². The van der Waals surface area contributed by atoms with E-state index in [1.807, 2.05) is 31.3 Å². The van der Waals surface area contributed by atoms with Gasteiger partial charge >= 0.3 is 0 Å². The van der Waals surface area contributed by atoms with E-state index < -0.39 is 0 Å². The molecule has 0 bridgehead atoms. The van der Waals surface area contributed by atoms with Gasteiger partial charge in [-0.25, -0.2) is 0 Å². The van der Waals surface area contributed by atoms with Gasteiger partial charge < -0.3 is 14.6 Å². The van der Waals surface area contributed by atoms with Crippen molar-refractivity contribution in [3.63, 3.8) is 0 Å². The molecule has 0 aliphatic rings. The molecular weight excluding hydrogens is 254 g/mol. The second-order valence-corrected chi connectivity index (χ2v) is 4.94. The van der Waals surface area contributed by atoms with Crippen molar-refractivity contribution in [1.82, 2.24) is 15.5 Å². The highest BCUT2D eigenvalue weighted by atomic mass is 16.5. The molecule has 1 heterocycles. The molecular formula is C15H21N3O2. The van der Waals surface area contributed by atoms with Crippen LogP contribution in [0.1, 0.15) is 37.0 Å². The Morgan fingerprint density at radius 3 is 2.85 bits per heavy atom. The maximum atomic E-state index is 5.35. The van der Waals surface area contributed by atoms with Gasteiger partial charge in [-0.2, -0.15) is 4.98 Å². The molecule has 1 N–H and O–H groups in total. The number of aromatic nitrogens is 2. The third kappa shape index (κ3) is 3.36. The Balaban J connectivity index is 2.09. The van der Waals surface area contributed by atoms with Crippen LogP contribution < -0.4 is 10.1 Å². The van der Waals surface area contributed by atoms with Crippen LogP contribution in [-0.4, -0.2) is 30.3 Å². The molecule has 2 atom stereocenters. The Bertz CT molecular complexity index is 554. The van der Waals surface area contributed by atoms with Crippen LogP contribution in [0.4, 0.5) is 0 Å². The minimum atomic E-state index is 0.187. The van der Waals surface area contributed by atoms with E-state index in [2.05, 4.69) is 29.3 Å². The van der Waals surface area contributed by atoms with Gasteiger partial charge in [0.15, 0.2) is 5.82 Å². The van der Waals surface area contributed by atoms with Gasteiger partial charge in [-0.3, -0.25) is 0 Å². The van der Waals surface area contributed by atoms with Crippen LogP contribution in [0.3, 0.4) is 0 Å². The van der Waals surface area contributed by atoms with E-state index in [0.29, 0.717) is 24.2 Å². The number of rotatable bonds is 6. The van der Waals surface area contributed by atoms with Crippen molar-refractivity contribution < 1.29 is 9.26 Å².